The number of sulfonamides is 1. The highest BCUT2D eigenvalue weighted by Gasteiger charge is 2.53. The first-order chi connectivity index (χ1) is 18.1. The quantitative estimate of drug-likeness (QED) is 0.425. The zero-order chi connectivity index (χ0) is 26.9. The summed E-state index contributed by atoms with van der Waals surface area (Å²) in [6.45, 7) is 1.33. The van der Waals surface area contributed by atoms with Gasteiger partial charge in [-0.1, -0.05) is 25.3 Å². The van der Waals surface area contributed by atoms with Crippen LogP contribution in [0.2, 0.25) is 0 Å². The Bertz CT molecular complexity index is 1140. The highest BCUT2D eigenvalue weighted by Crippen LogP contribution is 2.61. The maximum atomic E-state index is 13.3. The molecule has 208 valence electrons. The first-order valence-corrected chi connectivity index (χ1v) is 15.5. The van der Waals surface area contributed by atoms with Gasteiger partial charge in [-0.2, -0.15) is 0 Å². The lowest BCUT2D eigenvalue weighted by Gasteiger charge is -2.59. The molecule has 1 unspecified atom stereocenters. The minimum atomic E-state index is -3.86. The van der Waals surface area contributed by atoms with Crippen LogP contribution in [0.1, 0.15) is 87.9 Å². The highest BCUT2D eigenvalue weighted by molar-refractivity contribution is 7.89. The third-order valence-corrected chi connectivity index (χ3v) is 10.8. The second kappa shape index (κ2) is 11.0. The van der Waals surface area contributed by atoms with E-state index in [1.54, 1.807) is 0 Å². The fourth-order valence-electron chi connectivity index (χ4n) is 7.77. The molecule has 1 atom stereocenters. The number of amides is 3. The Morgan fingerprint density at radius 3 is 2.26 bits per heavy atom. The number of hydrogen-bond acceptors (Lipinski definition) is 6. The van der Waals surface area contributed by atoms with Crippen LogP contribution in [0.5, 0.6) is 0 Å². The van der Waals surface area contributed by atoms with Crippen molar-refractivity contribution in [2.45, 2.75) is 94.5 Å². The van der Waals surface area contributed by atoms with Gasteiger partial charge in [0.2, 0.25) is 10.0 Å². The van der Waals surface area contributed by atoms with E-state index in [9.17, 15) is 22.8 Å². The van der Waals surface area contributed by atoms with E-state index in [2.05, 4.69) is 15.4 Å². The standard InChI is InChI=1S/C28H39N3O6S/c1-18(28-14-19-10-20(15-28)12-21(11-19)16-28)31-38(35,36)24-9-5-6-22(13-24)26(33)37-17-25(32)30-27(34)29-23-7-3-2-4-8-23/h5-6,9,13,18-21,23,31H,2-4,7-8,10-12,14-17H2,1H3,(H2,29,30,32,34). The molecule has 5 aliphatic carbocycles. The number of carbonyl (C=O) groups excluding carboxylic acids is 3. The van der Waals surface area contributed by atoms with Crippen LogP contribution in [-0.2, 0) is 19.6 Å². The lowest BCUT2D eigenvalue weighted by atomic mass is 9.48. The largest absolute Gasteiger partial charge is 0.452 e. The Hall–Kier alpha value is -2.46. The van der Waals surface area contributed by atoms with Crippen molar-refractivity contribution >= 4 is 27.9 Å². The molecule has 5 fully saturated rings. The van der Waals surface area contributed by atoms with Gasteiger partial charge in [0.15, 0.2) is 6.61 Å². The van der Waals surface area contributed by atoms with E-state index in [1.165, 1.54) is 43.5 Å². The predicted molar refractivity (Wildman–Crippen MR) is 141 cm³/mol. The van der Waals surface area contributed by atoms with Crippen molar-refractivity contribution in [3.63, 3.8) is 0 Å². The van der Waals surface area contributed by atoms with Crippen molar-refractivity contribution in [1.82, 2.24) is 15.4 Å². The maximum Gasteiger partial charge on any atom is 0.338 e. The molecule has 1 aromatic carbocycles. The highest BCUT2D eigenvalue weighted by atomic mass is 32.2. The first-order valence-electron chi connectivity index (χ1n) is 14.0. The Balaban J connectivity index is 1.15. The molecule has 0 aliphatic heterocycles. The van der Waals surface area contributed by atoms with E-state index in [0.717, 1.165) is 51.4 Å². The average molecular weight is 546 g/mol. The van der Waals surface area contributed by atoms with Gasteiger partial charge < -0.3 is 10.1 Å². The molecule has 4 bridgehead atoms. The normalized spacial score (nSPS) is 29.4. The molecular weight excluding hydrogens is 506 g/mol. The second-order valence-corrected chi connectivity index (χ2v) is 13.8. The summed E-state index contributed by atoms with van der Waals surface area (Å²) < 4.78 is 34.5. The summed E-state index contributed by atoms with van der Waals surface area (Å²) >= 11 is 0. The van der Waals surface area contributed by atoms with E-state index in [-0.39, 0.29) is 28.0 Å². The third kappa shape index (κ3) is 6.06. The number of ether oxygens (including phenoxy) is 1. The molecule has 0 radical (unpaired) electrons. The van der Waals surface area contributed by atoms with Gasteiger partial charge in [0.1, 0.15) is 0 Å². The number of benzene rings is 1. The third-order valence-electron chi connectivity index (χ3n) is 9.24. The predicted octanol–water partition coefficient (Wildman–Crippen LogP) is 3.89. The van der Waals surface area contributed by atoms with Crippen LogP contribution in [-0.4, -0.2) is 45.0 Å². The van der Waals surface area contributed by atoms with Gasteiger partial charge in [0.25, 0.3) is 5.91 Å². The Kier molecular flexibility index (Phi) is 7.82. The molecule has 38 heavy (non-hydrogen) atoms. The minimum Gasteiger partial charge on any atom is -0.452 e. The summed E-state index contributed by atoms with van der Waals surface area (Å²) in [7, 11) is -3.86. The molecule has 9 nitrogen and oxygen atoms in total. The summed E-state index contributed by atoms with van der Waals surface area (Å²) in [5.74, 6) is 0.547. The first kappa shape index (κ1) is 27.1. The zero-order valence-corrected chi connectivity index (χ0v) is 22.9. The molecule has 5 aliphatic rings. The van der Waals surface area contributed by atoms with Crippen LogP contribution in [0.3, 0.4) is 0 Å². The average Bonchev–Trinajstić information content (AvgIpc) is 2.87. The Labute approximate surface area is 224 Å². The molecular formula is C28H39N3O6S. The Morgan fingerprint density at radius 1 is 1.00 bits per heavy atom. The van der Waals surface area contributed by atoms with Crippen molar-refractivity contribution in [3.8, 4) is 0 Å². The minimum absolute atomic E-state index is 0.00893. The molecule has 0 spiro atoms. The van der Waals surface area contributed by atoms with E-state index in [1.807, 2.05) is 6.92 Å². The molecule has 0 saturated heterocycles. The molecule has 1 aromatic rings. The van der Waals surface area contributed by atoms with E-state index in [4.69, 9.17) is 4.74 Å². The molecule has 5 saturated carbocycles. The lowest BCUT2D eigenvalue weighted by molar-refractivity contribution is -0.123. The van der Waals surface area contributed by atoms with Crippen LogP contribution in [0, 0.1) is 23.2 Å². The molecule has 3 amide bonds. The van der Waals surface area contributed by atoms with Crippen LogP contribution in [0.25, 0.3) is 0 Å². The number of nitrogens with one attached hydrogen (secondary N) is 3. The number of carbonyl (C=O) groups is 3. The number of imide groups is 1. The van der Waals surface area contributed by atoms with Crippen LogP contribution in [0.4, 0.5) is 4.79 Å². The van der Waals surface area contributed by atoms with Crippen molar-refractivity contribution in [2.75, 3.05) is 6.61 Å². The smallest absolute Gasteiger partial charge is 0.338 e. The van der Waals surface area contributed by atoms with Gasteiger partial charge >= 0.3 is 12.0 Å². The molecule has 3 N–H and O–H groups in total. The fourth-order valence-corrected chi connectivity index (χ4v) is 9.16. The molecule has 0 aromatic heterocycles. The lowest BCUT2D eigenvalue weighted by Crippen LogP contribution is -2.55. The van der Waals surface area contributed by atoms with Gasteiger partial charge in [-0.3, -0.25) is 10.1 Å². The van der Waals surface area contributed by atoms with E-state index in [0.29, 0.717) is 17.8 Å². The van der Waals surface area contributed by atoms with Crippen LogP contribution in [0.15, 0.2) is 29.2 Å². The van der Waals surface area contributed by atoms with Gasteiger partial charge in [-0.25, -0.2) is 22.7 Å². The van der Waals surface area contributed by atoms with Crippen LogP contribution < -0.4 is 15.4 Å². The number of esters is 1. The van der Waals surface area contributed by atoms with Crippen molar-refractivity contribution in [3.05, 3.63) is 29.8 Å². The Morgan fingerprint density at radius 2 is 1.63 bits per heavy atom. The van der Waals surface area contributed by atoms with Crippen molar-refractivity contribution < 1.29 is 27.5 Å². The number of rotatable bonds is 8. The van der Waals surface area contributed by atoms with Gasteiger partial charge in [-0.15, -0.1) is 0 Å². The van der Waals surface area contributed by atoms with E-state index < -0.39 is 34.5 Å². The summed E-state index contributed by atoms with van der Waals surface area (Å²) in [6, 6.07) is 4.89. The molecule has 6 rings (SSSR count). The number of urea groups is 1. The van der Waals surface area contributed by atoms with Crippen molar-refractivity contribution in [2.24, 2.45) is 23.2 Å². The zero-order valence-electron chi connectivity index (χ0n) is 22.0. The SMILES string of the molecule is CC(NS(=O)(=O)c1cccc(C(=O)OCC(=O)NC(=O)NC2CCCCC2)c1)C12CC3CC(CC(C3)C1)C2. The van der Waals surface area contributed by atoms with Crippen molar-refractivity contribution in [1.29, 1.82) is 0 Å². The summed E-state index contributed by atoms with van der Waals surface area (Å²) in [5, 5.41) is 4.94. The second-order valence-electron chi connectivity index (χ2n) is 12.1. The number of hydrogen-bond donors (Lipinski definition) is 3. The maximum absolute atomic E-state index is 13.3. The fraction of sp³-hybridized carbons (Fsp3) is 0.679. The van der Waals surface area contributed by atoms with Gasteiger partial charge in [-0.05, 0) is 99.7 Å². The topological polar surface area (TPSA) is 131 Å². The monoisotopic (exact) mass is 545 g/mol. The van der Waals surface area contributed by atoms with Gasteiger partial charge in [0.05, 0.1) is 10.5 Å². The van der Waals surface area contributed by atoms with Crippen LogP contribution >= 0.6 is 0 Å². The molecule has 0 heterocycles. The summed E-state index contributed by atoms with van der Waals surface area (Å²) in [5.41, 5.74) is 0.0319. The molecule has 10 heteroatoms. The summed E-state index contributed by atoms with van der Waals surface area (Å²) in [6.07, 6.45) is 12.1. The van der Waals surface area contributed by atoms with Gasteiger partial charge in [0, 0.05) is 12.1 Å². The van der Waals surface area contributed by atoms with E-state index >= 15 is 0 Å². The summed E-state index contributed by atoms with van der Waals surface area (Å²) in [4.78, 5) is 36.7.